The van der Waals surface area contributed by atoms with E-state index in [4.69, 9.17) is 23.2 Å². The van der Waals surface area contributed by atoms with Crippen molar-refractivity contribution in [3.05, 3.63) is 46.1 Å². The van der Waals surface area contributed by atoms with Crippen molar-refractivity contribution in [2.75, 3.05) is 5.32 Å². The predicted octanol–water partition coefficient (Wildman–Crippen LogP) is 3.81. The number of halogens is 4. The van der Waals surface area contributed by atoms with E-state index in [0.717, 1.165) is 12.1 Å². The van der Waals surface area contributed by atoms with Crippen molar-refractivity contribution in [1.82, 2.24) is 10.2 Å². The maximum absolute atomic E-state index is 13.4. The lowest BCUT2D eigenvalue weighted by Crippen LogP contribution is -1.99. The SMILES string of the molecule is Fc1cc(F)c(Nc2ccc(Cl)nn2)c(Cl)c1. The molecule has 7 heteroatoms. The van der Waals surface area contributed by atoms with E-state index < -0.39 is 11.6 Å². The van der Waals surface area contributed by atoms with Gasteiger partial charge in [0.05, 0.1) is 10.7 Å². The third-order valence-electron chi connectivity index (χ3n) is 1.89. The fraction of sp³-hybridized carbons (Fsp3) is 0. The van der Waals surface area contributed by atoms with Gasteiger partial charge in [0.25, 0.3) is 0 Å². The van der Waals surface area contributed by atoms with Crippen LogP contribution in [0.15, 0.2) is 24.3 Å². The summed E-state index contributed by atoms with van der Waals surface area (Å²) in [4.78, 5) is 0. The van der Waals surface area contributed by atoms with Crippen LogP contribution in [0.5, 0.6) is 0 Å². The van der Waals surface area contributed by atoms with Crippen LogP contribution in [0.2, 0.25) is 10.2 Å². The Kier molecular flexibility index (Phi) is 3.40. The molecule has 0 saturated heterocycles. The van der Waals surface area contributed by atoms with E-state index in [1.54, 1.807) is 0 Å². The van der Waals surface area contributed by atoms with E-state index >= 15 is 0 Å². The van der Waals surface area contributed by atoms with Gasteiger partial charge >= 0.3 is 0 Å². The van der Waals surface area contributed by atoms with E-state index in [-0.39, 0.29) is 21.7 Å². The lowest BCUT2D eigenvalue weighted by atomic mass is 10.3. The molecule has 0 unspecified atom stereocenters. The first kappa shape index (κ1) is 12.0. The summed E-state index contributed by atoms with van der Waals surface area (Å²) in [6.45, 7) is 0. The van der Waals surface area contributed by atoms with E-state index in [0.29, 0.717) is 0 Å². The standard InChI is InChI=1S/C10H5Cl2F2N3/c11-6-3-5(13)4-7(14)10(6)15-9-2-1-8(12)16-17-9/h1-4H,(H,15,17). The van der Waals surface area contributed by atoms with Crippen LogP contribution in [0.1, 0.15) is 0 Å². The van der Waals surface area contributed by atoms with Crippen LogP contribution < -0.4 is 5.32 Å². The first-order chi connectivity index (χ1) is 8.06. The van der Waals surface area contributed by atoms with E-state index in [1.165, 1.54) is 12.1 Å². The third kappa shape index (κ3) is 2.81. The average molecular weight is 276 g/mol. The van der Waals surface area contributed by atoms with Crippen molar-refractivity contribution in [3.8, 4) is 0 Å². The summed E-state index contributed by atoms with van der Waals surface area (Å²) in [5, 5.41) is 9.95. The van der Waals surface area contributed by atoms with Gasteiger partial charge in [-0.3, -0.25) is 0 Å². The van der Waals surface area contributed by atoms with Crippen LogP contribution in [-0.4, -0.2) is 10.2 Å². The highest BCUT2D eigenvalue weighted by Gasteiger charge is 2.10. The molecule has 1 aromatic carbocycles. The van der Waals surface area contributed by atoms with Crippen molar-refractivity contribution in [2.24, 2.45) is 0 Å². The molecule has 0 radical (unpaired) electrons. The van der Waals surface area contributed by atoms with Crippen LogP contribution in [0.25, 0.3) is 0 Å². The molecule has 88 valence electrons. The number of benzene rings is 1. The van der Waals surface area contributed by atoms with Gasteiger partial charge in [-0.15, -0.1) is 10.2 Å². The van der Waals surface area contributed by atoms with Crippen molar-refractivity contribution in [3.63, 3.8) is 0 Å². The second-order valence-corrected chi connectivity index (χ2v) is 3.91. The second kappa shape index (κ2) is 4.81. The lowest BCUT2D eigenvalue weighted by Gasteiger charge is -2.08. The Balaban J connectivity index is 2.33. The van der Waals surface area contributed by atoms with E-state index in [2.05, 4.69) is 15.5 Å². The monoisotopic (exact) mass is 275 g/mol. The average Bonchev–Trinajstić information content (AvgIpc) is 2.26. The minimum Gasteiger partial charge on any atom is -0.335 e. The number of hydrogen-bond donors (Lipinski definition) is 1. The van der Waals surface area contributed by atoms with Crippen LogP contribution in [0, 0.1) is 11.6 Å². The number of nitrogens with one attached hydrogen (secondary N) is 1. The quantitative estimate of drug-likeness (QED) is 0.906. The second-order valence-electron chi connectivity index (χ2n) is 3.11. The van der Waals surface area contributed by atoms with Crippen LogP contribution >= 0.6 is 23.2 Å². The van der Waals surface area contributed by atoms with Gasteiger partial charge in [-0.1, -0.05) is 23.2 Å². The molecule has 0 bridgehead atoms. The summed E-state index contributed by atoms with van der Waals surface area (Å²) in [5.74, 6) is -1.31. The van der Waals surface area contributed by atoms with Gasteiger partial charge in [0.1, 0.15) is 5.82 Å². The molecule has 2 rings (SSSR count). The largest absolute Gasteiger partial charge is 0.335 e. The highest BCUT2D eigenvalue weighted by molar-refractivity contribution is 6.33. The Hall–Kier alpha value is -1.46. The highest BCUT2D eigenvalue weighted by Crippen LogP contribution is 2.28. The Morgan fingerprint density at radius 1 is 1.06 bits per heavy atom. The smallest absolute Gasteiger partial charge is 0.153 e. The highest BCUT2D eigenvalue weighted by atomic mass is 35.5. The molecule has 0 atom stereocenters. The Morgan fingerprint density at radius 2 is 1.82 bits per heavy atom. The minimum atomic E-state index is -0.813. The Morgan fingerprint density at radius 3 is 2.41 bits per heavy atom. The van der Waals surface area contributed by atoms with Gasteiger partial charge in [0.15, 0.2) is 16.8 Å². The van der Waals surface area contributed by atoms with Crippen molar-refractivity contribution < 1.29 is 8.78 Å². The van der Waals surface area contributed by atoms with Gasteiger partial charge in [0, 0.05) is 6.07 Å². The molecule has 0 saturated carbocycles. The van der Waals surface area contributed by atoms with Crippen molar-refractivity contribution >= 4 is 34.7 Å². The molecular formula is C10H5Cl2F2N3. The Labute approximate surface area is 105 Å². The molecule has 2 aromatic rings. The zero-order chi connectivity index (χ0) is 12.4. The molecule has 17 heavy (non-hydrogen) atoms. The van der Waals surface area contributed by atoms with Gasteiger partial charge in [-0.25, -0.2) is 8.78 Å². The number of nitrogens with zero attached hydrogens (tertiary/aromatic N) is 2. The molecule has 0 amide bonds. The summed E-state index contributed by atoms with van der Waals surface area (Å²) in [6, 6.07) is 4.69. The van der Waals surface area contributed by atoms with Crippen molar-refractivity contribution in [1.29, 1.82) is 0 Å². The summed E-state index contributed by atoms with van der Waals surface area (Å²) in [7, 11) is 0. The molecule has 0 spiro atoms. The summed E-state index contributed by atoms with van der Waals surface area (Å²) >= 11 is 11.2. The van der Waals surface area contributed by atoms with Crippen molar-refractivity contribution in [2.45, 2.75) is 0 Å². The van der Waals surface area contributed by atoms with Crippen LogP contribution in [0.4, 0.5) is 20.3 Å². The van der Waals surface area contributed by atoms with E-state index in [9.17, 15) is 8.78 Å². The molecule has 0 aliphatic rings. The maximum atomic E-state index is 13.4. The fourth-order valence-corrected chi connectivity index (χ4v) is 1.51. The molecule has 0 fully saturated rings. The lowest BCUT2D eigenvalue weighted by molar-refractivity contribution is 0.586. The van der Waals surface area contributed by atoms with E-state index in [1.807, 2.05) is 0 Å². The number of hydrogen-bond acceptors (Lipinski definition) is 3. The van der Waals surface area contributed by atoms with Gasteiger partial charge in [-0.2, -0.15) is 0 Å². The topological polar surface area (TPSA) is 37.8 Å². The minimum absolute atomic E-state index is 0.0651. The van der Waals surface area contributed by atoms with Crippen LogP contribution in [-0.2, 0) is 0 Å². The third-order valence-corrected chi connectivity index (χ3v) is 2.39. The van der Waals surface area contributed by atoms with Gasteiger partial charge in [-0.05, 0) is 18.2 Å². The predicted molar refractivity (Wildman–Crippen MR) is 61.7 cm³/mol. The number of aromatic nitrogens is 2. The maximum Gasteiger partial charge on any atom is 0.153 e. The van der Waals surface area contributed by atoms with Gasteiger partial charge in [0.2, 0.25) is 0 Å². The molecule has 1 N–H and O–H groups in total. The van der Waals surface area contributed by atoms with Crippen LogP contribution in [0.3, 0.4) is 0 Å². The molecule has 0 aliphatic carbocycles. The fourth-order valence-electron chi connectivity index (χ4n) is 1.17. The summed E-state index contributed by atoms with van der Waals surface area (Å²) in [6.07, 6.45) is 0. The van der Waals surface area contributed by atoms with Gasteiger partial charge < -0.3 is 5.32 Å². The zero-order valence-corrected chi connectivity index (χ0v) is 9.73. The molecule has 1 heterocycles. The zero-order valence-electron chi connectivity index (χ0n) is 8.22. The first-order valence-corrected chi connectivity index (χ1v) is 5.22. The molecule has 1 aromatic heterocycles. The molecular weight excluding hydrogens is 271 g/mol. The summed E-state index contributed by atoms with van der Waals surface area (Å²) < 4.78 is 26.2. The summed E-state index contributed by atoms with van der Waals surface area (Å²) in [5.41, 5.74) is -0.0651. The Bertz CT molecular complexity index is 523. The first-order valence-electron chi connectivity index (χ1n) is 4.47. The molecule has 0 aliphatic heterocycles. The number of rotatable bonds is 2. The molecule has 3 nitrogen and oxygen atoms in total. The normalized spacial score (nSPS) is 10.4. The number of anilines is 2.